The summed E-state index contributed by atoms with van der Waals surface area (Å²) in [6.45, 7) is 0. The molecule has 2 heterocycles. The summed E-state index contributed by atoms with van der Waals surface area (Å²) >= 11 is 0. The third-order valence-electron chi connectivity index (χ3n) is 5.09. The second-order valence-electron chi connectivity index (χ2n) is 7.34. The van der Waals surface area contributed by atoms with Crippen LogP contribution in [0.5, 0.6) is 0 Å². The monoisotopic (exact) mass is 566 g/mol. The molecule has 1 aliphatic heterocycles. The molecule has 184 valence electrons. The normalized spacial score (nSPS) is 18.9. The predicted octanol–water partition coefficient (Wildman–Crippen LogP) is -5.40. The Bertz CT molecular complexity index is 1650. The van der Waals surface area contributed by atoms with Crippen LogP contribution in [0, 0.1) is 0 Å². The Morgan fingerprint density at radius 1 is 1.16 bits per heavy atom. The summed E-state index contributed by atoms with van der Waals surface area (Å²) < 4.78 is 66.9. The van der Waals surface area contributed by atoms with Gasteiger partial charge in [0, 0.05) is 24.5 Å². The third kappa shape index (κ3) is 6.75. The Labute approximate surface area is 258 Å². The third-order valence-corrected chi connectivity index (χ3v) is 6.99. The molecule has 2 aromatic rings. The number of aromatic nitrogens is 2. The molecule has 1 atom stereocenters. The summed E-state index contributed by atoms with van der Waals surface area (Å²) in [6.07, 6.45) is 7.68. The van der Waals surface area contributed by atoms with Crippen LogP contribution in [0.3, 0.4) is 0 Å². The molecule has 0 saturated heterocycles. The van der Waals surface area contributed by atoms with Crippen LogP contribution in [0.1, 0.15) is 29.8 Å². The number of nitrogens with zero attached hydrogens (tertiary/aromatic N) is 4. The van der Waals surface area contributed by atoms with Crippen molar-refractivity contribution in [1.82, 2.24) is 9.97 Å². The van der Waals surface area contributed by atoms with E-state index in [1.807, 2.05) is 0 Å². The largest absolute Gasteiger partial charge is 1.00 e. The molecular formula is C20H18N5Na2O8S2+. The standard InChI is InChI=1S/C20H15N5O8S2.2Na.2H/c1-25(20(27)15-8-11(10-23-15)24-19(26)18-21-6-7-22-18)16-4-5-17(35(31,32)33)14-9-12(34(28,29)30)2-3-13(14)16;;;;/h2-10,17H,1H3,(H2-,21,22,26,28,29,30,31,32,33);;;;/q;2*+1;2*-1/p+1. The van der Waals surface area contributed by atoms with Crippen molar-refractivity contribution in [1.29, 1.82) is 0 Å². The minimum absolute atomic E-state index is 0. The molecule has 2 amide bonds. The van der Waals surface area contributed by atoms with Crippen LogP contribution in [0.4, 0.5) is 0 Å². The Morgan fingerprint density at radius 2 is 1.86 bits per heavy atom. The smallest absolute Gasteiger partial charge is 1.00 e. The number of allylic oxidation sites excluding steroid dienone is 2. The number of fused-ring (bicyclic) bond motifs is 1. The van der Waals surface area contributed by atoms with E-state index in [1.54, 1.807) is 0 Å². The van der Waals surface area contributed by atoms with Crippen LogP contribution in [-0.2, 0) is 25.0 Å². The van der Waals surface area contributed by atoms with Gasteiger partial charge in [0.25, 0.3) is 20.2 Å². The number of nitrogens with one attached hydrogen (secondary N) is 1. The van der Waals surface area contributed by atoms with E-state index < -0.39 is 42.2 Å². The van der Waals surface area contributed by atoms with E-state index in [-0.39, 0.29) is 96.0 Å². The van der Waals surface area contributed by atoms with E-state index in [2.05, 4.69) is 20.0 Å². The van der Waals surface area contributed by atoms with E-state index in [9.17, 15) is 35.5 Å². The van der Waals surface area contributed by atoms with Gasteiger partial charge in [-0.2, -0.15) is 21.4 Å². The molecular weight excluding hydrogens is 548 g/mol. The molecule has 1 aromatic heterocycles. The molecule has 0 bridgehead atoms. The molecule has 4 rings (SSSR count). The number of aromatic amines is 1. The van der Waals surface area contributed by atoms with Gasteiger partial charge in [-0.3, -0.25) is 13.9 Å². The molecule has 0 spiro atoms. The minimum atomic E-state index is -4.69. The van der Waals surface area contributed by atoms with Crippen molar-refractivity contribution in [3.8, 4) is 0 Å². The molecule has 0 radical (unpaired) electrons. The fraction of sp³-hybridized carbons (Fsp3) is 0.100. The summed E-state index contributed by atoms with van der Waals surface area (Å²) in [4.78, 5) is 38.7. The first-order valence-corrected chi connectivity index (χ1v) is 12.6. The molecule has 2 aliphatic rings. The van der Waals surface area contributed by atoms with Gasteiger partial charge in [0.15, 0.2) is 11.5 Å². The first-order chi connectivity index (χ1) is 16.4. The van der Waals surface area contributed by atoms with E-state index in [4.69, 9.17) is 0 Å². The van der Waals surface area contributed by atoms with Gasteiger partial charge in [-0.15, -0.1) is 0 Å². The minimum Gasteiger partial charge on any atom is -1.00 e. The van der Waals surface area contributed by atoms with Crippen molar-refractivity contribution in [3.63, 3.8) is 0 Å². The summed E-state index contributed by atoms with van der Waals surface area (Å²) in [5.74, 6) is -1.31. The maximum Gasteiger partial charge on any atom is 1.00 e. The number of carbonyl (C=O) groups excluding carboxylic acids is 2. The van der Waals surface area contributed by atoms with E-state index >= 15 is 0 Å². The SMILES string of the molecule is C[N+](C(=O)C1=CC(=NC(=O)c2ncc[nH]2)C=N1)=C1C=CC(S(=O)(=O)O)c2cc(S(=O)(=O)O)ccc21.[H-].[H-].[Na+].[Na+]. The van der Waals surface area contributed by atoms with Gasteiger partial charge in [0.1, 0.15) is 12.3 Å². The number of hydrogen-bond acceptors (Lipinski definition) is 8. The van der Waals surface area contributed by atoms with Gasteiger partial charge in [0.05, 0.1) is 22.4 Å². The number of hydrogen-bond donors (Lipinski definition) is 3. The number of carbonyl (C=O) groups is 2. The van der Waals surface area contributed by atoms with Crippen molar-refractivity contribution in [2.24, 2.45) is 9.98 Å². The number of likely N-dealkylation sites (N-methyl/N-ethyl adjacent to an activating group) is 1. The molecule has 3 N–H and O–H groups in total. The van der Waals surface area contributed by atoms with Crippen molar-refractivity contribution >= 4 is 49.7 Å². The average molecular weight is 567 g/mol. The first kappa shape index (κ1) is 31.3. The Balaban J connectivity index is 0.00000361. The Kier molecular flexibility index (Phi) is 10.0. The van der Waals surface area contributed by atoms with Crippen LogP contribution >= 0.6 is 0 Å². The molecule has 13 nitrogen and oxygen atoms in total. The number of rotatable bonds is 4. The quantitative estimate of drug-likeness (QED) is 0.184. The molecule has 1 unspecified atom stereocenters. The maximum atomic E-state index is 13.0. The van der Waals surface area contributed by atoms with Crippen LogP contribution in [0.15, 0.2) is 69.4 Å². The van der Waals surface area contributed by atoms with Gasteiger partial charge in [0.2, 0.25) is 5.71 Å². The molecule has 1 aliphatic carbocycles. The maximum absolute atomic E-state index is 13.0. The van der Waals surface area contributed by atoms with Gasteiger partial charge in [-0.25, -0.2) is 19.8 Å². The zero-order valence-corrected chi connectivity index (χ0v) is 25.4. The summed E-state index contributed by atoms with van der Waals surface area (Å²) in [5.41, 5.74) is 0.169. The Morgan fingerprint density at radius 3 is 2.46 bits per heavy atom. The van der Waals surface area contributed by atoms with Crippen LogP contribution in [0.25, 0.3) is 0 Å². The van der Waals surface area contributed by atoms with Gasteiger partial charge < -0.3 is 7.84 Å². The predicted molar refractivity (Wildman–Crippen MR) is 124 cm³/mol. The number of aliphatic imine (C=N–C) groups is 2. The summed E-state index contributed by atoms with van der Waals surface area (Å²) in [7, 11) is -7.99. The molecule has 37 heavy (non-hydrogen) atoms. The van der Waals surface area contributed by atoms with Gasteiger partial charge in [-0.05, 0) is 23.8 Å². The van der Waals surface area contributed by atoms with E-state index in [0.717, 1.165) is 22.8 Å². The van der Waals surface area contributed by atoms with Crippen LogP contribution in [0.2, 0.25) is 0 Å². The van der Waals surface area contributed by atoms with Crippen molar-refractivity contribution in [2.75, 3.05) is 7.05 Å². The van der Waals surface area contributed by atoms with Crippen LogP contribution < -0.4 is 59.1 Å². The summed E-state index contributed by atoms with van der Waals surface area (Å²) in [6, 6.07) is 3.15. The van der Waals surface area contributed by atoms with Crippen molar-refractivity contribution in [3.05, 3.63) is 71.5 Å². The van der Waals surface area contributed by atoms with Gasteiger partial charge in [-0.1, -0.05) is 6.08 Å². The first-order valence-electron chi connectivity index (χ1n) is 9.66. The van der Waals surface area contributed by atoms with E-state index in [0.29, 0.717) is 0 Å². The number of amides is 2. The fourth-order valence-electron chi connectivity index (χ4n) is 3.46. The van der Waals surface area contributed by atoms with E-state index in [1.165, 1.54) is 43.9 Å². The number of imidazole rings is 1. The summed E-state index contributed by atoms with van der Waals surface area (Å²) in [5, 5.41) is -1.62. The zero-order chi connectivity index (χ0) is 25.5. The topological polar surface area (TPSA) is 199 Å². The van der Waals surface area contributed by atoms with Crippen LogP contribution in [-0.4, -0.2) is 77.0 Å². The zero-order valence-electron chi connectivity index (χ0n) is 21.7. The second kappa shape index (κ2) is 11.9. The molecule has 0 fully saturated rings. The fourth-order valence-corrected chi connectivity index (χ4v) is 4.77. The van der Waals surface area contributed by atoms with Crippen molar-refractivity contribution < 1.29 is 102 Å². The number of benzene rings is 1. The molecule has 0 saturated carbocycles. The molecule has 17 heteroatoms. The van der Waals surface area contributed by atoms with Gasteiger partial charge >= 0.3 is 70.9 Å². The molecule has 1 aromatic carbocycles. The Hall–Kier alpha value is -1.92. The van der Waals surface area contributed by atoms with Crippen molar-refractivity contribution in [2.45, 2.75) is 10.1 Å². The second-order valence-corrected chi connectivity index (χ2v) is 10.3. The average Bonchev–Trinajstić information content (AvgIpc) is 3.48. The number of H-pyrrole nitrogens is 1.